The van der Waals surface area contributed by atoms with E-state index in [1.807, 2.05) is 25.1 Å². The van der Waals surface area contributed by atoms with E-state index in [9.17, 15) is 18.0 Å². The van der Waals surface area contributed by atoms with Crippen LogP contribution in [0.2, 0.25) is 0 Å². The Bertz CT molecular complexity index is 1150. The highest BCUT2D eigenvalue weighted by Crippen LogP contribution is 2.40. The molecule has 1 saturated carbocycles. The maximum absolute atomic E-state index is 12.8. The molecule has 1 atom stereocenters. The second kappa shape index (κ2) is 8.24. The molecule has 8 heteroatoms. The first-order valence-corrected chi connectivity index (χ1v) is 12.4. The van der Waals surface area contributed by atoms with Gasteiger partial charge in [-0.25, -0.2) is 13.2 Å². The molecule has 4 rings (SSSR count). The Morgan fingerprint density at radius 1 is 1.00 bits per heavy atom. The van der Waals surface area contributed by atoms with E-state index in [0.717, 1.165) is 24.0 Å². The highest BCUT2D eigenvalue weighted by Gasteiger charge is 2.37. The van der Waals surface area contributed by atoms with Crippen LogP contribution in [0.4, 0.5) is 16.2 Å². The lowest BCUT2D eigenvalue weighted by Gasteiger charge is -2.40. The van der Waals surface area contributed by atoms with Gasteiger partial charge in [0.25, 0.3) is 0 Å². The van der Waals surface area contributed by atoms with Gasteiger partial charge < -0.3 is 9.64 Å². The van der Waals surface area contributed by atoms with E-state index in [2.05, 4.69) is 0 Å². The number of anilines is 2. The number of fused-ring (bicyclic) bond motifs is 1. The van der Waals surface area contributed by atoms with Gasteiger partial charge in [-0.3, -0.25) is 9.69 Å². The van der Waals surface area contributed by atoms with E-state index in [4.69, 9.17) is 4.74 Å². The van der Waals surface area contributed by atoms with Crippen LogP contribution in [0.5, 0.6) is 0 Å². The molecule has 1 heterocycles. The Kier molecular flexibility index (Phi) is 5.75. The van der Waals surface area contributed by atoms with Crippen LogP contribution in [0.3, 0.4) is 0 Å². The Hall–Kier alpha value is -2.87. The summed E-state index contributed by atoms with van der Waals surface area (Å²) in [6, 6.07) is 12.2. The van der Waals surface area contributed by atoms with Gasteiger partial charge in [0.1, 0.15) is 0 Å². The lowest BCUT2D eigenvalue weighted by Crippen LogP contribution is -2.51. The monoisotopic (exact) mass is 456 g/mol. The minimum atomic E-state index is -3.25. The number of sulfone groups is 1. The second-order valence-corrected chi connectivity index (χ2v) is 11.0. The standard InChI is InChI=1S/C24H28N2O5S/c1-15(2)31-24(28)25-14-16(3)26(17(4)27)22-12-7-19(13-23(22)25)18-5-8-20(9-6-18)32(29,30)21-10-11-21/h5-9,12-13,15-16,21H,10-11,14H2,1-4H3/t16-/m0/s1. The van der Waals surface area contributed by atoms with Gasteiger partial charge in [-0.1, -0.05) is 18.2 Å². The molecule has 0 N–H and O–H groups in total. The van der Waals surface area contributed by atoms with Crippen LogP contribution in [0, 0.1) is 0 Å². The Labute approximate surface area is 188 Å². The molecule has 170 valence electrons. The first-order valence-electron chi connectivity index (χ1n) is 10.9. The van der Waals surface area contributed by atoms with Crippen molar-refractivity contribution in [3.05, 3.63) is 42.5 Å². The van der Waals surface area contributed by atoms with Crippen LogP contribution in [-0.2, 0) is 19.4 Å². The lowest BCUT2D eigenvalue weighted by atomic mass is 10.0. The zero-order chi connectivity index (χ0) is 23.2. The summed E-state index contributed by atoms with van der Waals surface area (Å²) in [4.78, 5) is 28.7. The molecule has 0 unspecified atom stereocenters. The van der Waals surface area contributed by atoms with E-state index in [1.165, 1.54) is 6.92 Å². The van der Waals surface area contributed by atoms with Crippen molar-refractivity contribution in [2.45, 2.75) is 62.8 Å². The lowest BCUT2D eigenvalue weighted by molar-refractivity contribution is -0.117. The summed E-state index contributed by atoms with van der Waals surface area (Å²) in [7, 11) is -3.25. The van der Waals surface area contributed by atoms with Crippen molar-refractivity contribution in [3.63, 3.8) is 0 Å². The minimum absolute atomic E-state index is 0.0991. The number of ether oxygens (including phenoxy) is 1. The average Bonchev–Trinajstić information content (AvgIpc) is 3.58. The number of hydrogen-bond acceptors (Lipinski definition) is 5. The molecule has 1 aliphatic heterocycles. The number of carbonyl (C=O) groups is 2. The summed E-state index contributed by atoms with van der Waals surface area (Å²) in [6.45, 7) is 7.31. The van der Waals surface area contributed by atoms with Crippen molar-refractivity contribution < 1.29 is 22.7 Å². The van der Waals surface area contributed by atoms with Gasteiger partial charge >= 0.3 is 6.09 Å². The summed E-state index contributed by atoms with van der Waals surface area (Å²) in [6.07, 6.45) is 0.723. The van der Waals surface area contributed by atoms with Crippen molar-refractivity contribution in [1.82, 2.24) is 0 Å². The number of amides is 2. The number of carbonyl (C=O) groups excluding carboxylic acids is 2. The molecular formula is C24H28N2O5S. The van der Waals surface area contributed by atoms with Crippen molar-refractivity contribution in [3.8, 4) is 11.1 Å². The fourth-order valence-electron chi connectivity index (χ4n) is 4.13. The molecule has 0 radical (unpaired) electrons. The molecule has 2 aromatic rings. The minimum Gasteiger partial charge on any atom is -0.446 e. The van der Waals surface area contributed by atoms with Gasteiger partial charge in [0.15, 0.2) is 9.84 Å². The molecule has 1 aliphatic carbocycles. The van der Waals surface area contributed by atoms with Gasteiger partial charge in [0, 0.05) is 13.5 Å². The Morgan fingerprint density at radius 3 is 2.19 bits per heavy atom. The third-order valence-corrected chi connectivity index (χ3v) is 8.07. The molecule has 0 bridgehead atoms. The SMILES string of the molecule is CC(=O)N1c2ccc(-c3ccc(S(=O)(=O)C4CC4)cc3)cc2N(C(=O)OC(C)C)C[C@@H]1C. The van der Waals surface area contributed by atoms with Crippen LogP contribution in [0.1, 0.15) is 40.5 Å². The summed E-state index contributed by atoms with van der Waals surface area (Å²) in [5.41, 5.74) is 2.89. The molecule has 2 aromatic carbocycles. The van der Waals surface area contributed by atoms with Crippen molar-refractivity contribution in [2.24, 2.45) is 0 Å². The topological polar surface area (TPSA) is 84.0 Å². The van der Waals surface area contributed by atoms with E-state index in [1.54, 1.807) is 47.9 Å². The predicted molar refractivity (Wildman–Crippen MR) is 124 cm³/mol. The third-order valence-electron chi connectivity index (χ3n) is 5.79. The quantitative estimate of drug-likeness (QED) is 0.681. The molecule has 7 nitrogen and oxygen atoms in total. The number of nitrogens with zero attached hydrogens (tertiary/aromatic N) is 2. The maximum Gasteiger partial charge on any atom is 0.414 e. The van der Waals surface area contributed by atoms with Gasteiger partial charge in [0.2, 0.25) is 5.91 Å². The van der Waals surface area contributed by atoms with Crippen LogP contribution in [0.15, 0.2) is 47.4 Å². The average molecular weight is 457 g/mol. The van der Waals surface area contributed by atoms with E-state index < -0.39 is 15.9 Å². The first-order chi connectivity index (χ1) is 15.1. The predicted octanol–water partition coefficient (Wildman–Crippen LogP) is 4.40. The second-order valence-electron chi connectivity index (χ2n) is 8.75. The molecule has 0 spiro atoms. The summed E-state index contributed by atoms with van der Waals surface area (Å²) < 4.78 is 30.4. The zero-order valence-corrected chi connectivity index (χ0v) is 19.6. The van der Waals surface area contributed by atoms with Gasteiger partial charge in [-0.2, -0.15) is 0 Å². The Balaban J connectivity index is 1.73. The fourth-order valence-corrected chi connectivity index (χ4v) is 5.79. The molecule has 0 aromatic heterocycles. The largest absolute Gasteiger partial charge is 0.446 e. The molecular weight excluding hydrogens is 428 g/mol. The number of rotatable bonds is 4. The zero-order valence-electron chi connectivity index (χ0n) is 18.7. The number of benzene rings is 2. The van der Waals surface area contributed by atoms with Crippen LogP contribution in [-0.4, -0.2) is 44.4 Å². The van der Waals surface area contributed by atoms with E-state index in [-0.39, 0.29) is 23.3 Å². The maximum atomic E-state index is 12.8. The van der Waals surface area contributed by atoms with Crippen LogP contribution < -0.4 is 9.80 Å². The van der Waals surface area contributed by atoms with Gasteiger partial charge in [-0.05, 0) is 69.0 Å². The van der Waals surface area contributed by atoms with Gasteiger partial charge in [-0.15, -0.1) is 0 Å². The fraction of sp³-hybridized carbons (Fsp3) is 0.417. The Morgan fingerprint density at radius 2 is 1.62 bits per heavy atom. The normalized spacial score (nSPS) is 18.5. The van der Waals surface area contributed by atoms with Crippen LogP contribution >= 0.6 is 0 Å². The molecule has 2 aliphatic rings. The number of hydrogen-bond donors (Lipinski definition) is 0. The van der Waals surface area contributed by atoms with Crippen molar-refractivity contribution in [2.75, 3.05) is 16.3 Å². The molecule has 0 saturated heterocycles. The third kappa shape index (κ3) is 4.11. The highest BCUT2D eigenvalue weighted by atomic mass is 32.2. The van der Waals surface area contributed by atoms with Crippen LogP contribution in [0.25, 0.3) is 11.1 Å². The first kappa shape index (κ1) is 22.3. The summed E-state index contributed by atoms with van der Waals surface area (Å²) in [5, 5.41) is -0.253. The molecule has 32 heavy (non-hydrogen) atoms. The molecule has 1 fully saturated rings. The summed E-state index contributed by atoms with van der Waals surface area (Å²) >= 11 is 0. The summed E-state index contributed by atoms with van der Waals surface area (Å²) in [5.74, 6) is -0.0991. The van der Waals surface area contributed by atoms with Crippen molar-refractivity contribution >= 4 is 33.2 Å². The van der Waals surface area contributed by atoms with Crippen molar-refractivity contribution in [1.29, 1.82) is 0 Å². The smallest absolute Gasteiger partial charge is 0.414 e. The van der Waals surface area contributed by atoms with E-state index >= 15 is 0 Å². The highest BCUT2D eigenvalue weighted by molar-refractivity contribution is 7.92. The van der Waals surface area contributed by atoms with E-state index in [0.29, 0.717) is 22.8 Å². The molecule has 2 amide bonds. The van der Waals surface area contributed by atoms with Gasteiger partial charge in [0.05, 0.1) is 33.7 Å².